The van der Waals surface area contributed by atoms with E-state index in [1.807, 2.05) is 32.0 Å². The first-order valence-corrected chi connectivity index (χ1v) is 6.45. The molecule has 2 N–H and O–H groups in total. The molecule has 18 heavy (non-hydrogen) atoms. The summed E-state index contributed by atoms with van der Waals surface area (Å²) in [4.78, 5) is 16.3. The first kappa shape index (κ1) is 14.6. The first-order chi connectivity index (χ1) is 8.68. The van der Waals surface area contributed by atoms with E-state index in [0.29, 0.717) is 26.0 Å². The summed E-state index contributed by atoms with van der Waals surface area (Å²) in [5.41, 5.74) is 6.20. The number of aromatic nitrogens is 1. The molecule has 1 aromatic heterocycles. The zero-order valence-corrected chi connectivity index (χ0v) is 11.2. The first-order valence-electron chi connectivity index (χ1n) is 6.45. The molecule has 0 fully saturated rings. The van der Waals surface area contributed by atoms with Crippen LogP contribution in [0, 0.1) is 5.41 Å². The second-order valence-corrected chi connectivity index (χ2v) is 4.38. The Morgan fingerprint density at radius 1 is 1.44 bits per heavy atom. The number of nitrogens with zero attached hydrogens (tertiary/aromatic N) is 1. The molecule has 0 aliphatic heterocycles. The van der Waals surface area contributed by atoms with Gasteiger partial charge in [0.15, 0.2) is 0 Å². The van der Waals surface area contributed by atoms with Crippen LogP contribution < -0.4 is 5.73 Å². The lowest BCUT2D eigenvalue weighted by molar-refractivity contribution is -0.155. The summed E-state index contributed by atoms with van der Waals surface area (Å²) in [6.45, 7) is 4.50. The summed E-state index contributed by atoms with van der Waals surface area (Å²) in [6.07, 6.45) is 3.87. The van der Waals surface area contributed by atoms with E-state index >= 15 is 0 Å². The van der Waals surface area contributed by atoms with Gasteiger partial charge in [-0.05, 0) is 38.3 Å². The molecule has 0 spiro atoms. The molecule has 1 atom stereocenters. The van der Waals surface area contributed by atoms with Gasteiger partial charge in [0.25, 0.3) is 0 Å². The van der Waals surface area contributed by atoms with Crippen molar-refractivity contribution in [3.63, 3.8) is 0 Å². The zero-order chi connectivity index (χ0) is 13.4. The van der Waals surface area contributed by atoms with Crippen LogP contribution in [-0.4, -0.2) is 24.1 Å². The second kappa shape index (κ2) is 7.11. The summed E-state index contributed by atoms with van der Waals surface area (Å²) in [6, 6.07) is 5.79. The minimum atomic E-state index is -0.576. The van der Waals surface area contributed by atoms with Crippen molar-refractivity contribution in [3.05, 3.63) is 30.1 Å². The molecule has 0 aliphatic carbocycles. The quantitative estimate of drug-likeness (QED) is 0.751. The molecule has 100 valence electrons. The van der Waals surface area contributed by atoms with Crippen LogP contribution in [0.2, 0.25) is 0 Å². The van der Waals surface area contributed by atoms with Gasteiger partial charge in [-0.15, -0.1) is 0 Å². The van der Waals surface area contributed by atoms with Crippen molar-refractivity contribution >= 4 is 5.97 Å². The maximum Gasteiger partial charge on any atom is 0.313 e. The number of nitrogens with two attached hydrogens (primary N) is 1. The molecule has 1 heterocycles. The van der Waals surface area contributed by atoms with Gasteiger partial charge >= 0.3 is 5.97 Å². The lowest BCUT2D eigenvalue weighted by Gasteiger charge is -2.28. The van der Waals surface area contributed by atoms with E-state index in [4.69, 9.17) is 10.5 Å². The van der Waals surface area contributed by atoms with Crippen LogP contribution in [-0.2, 0) is 16.0 Å². The Morgan fingerprint density at radius 3 is 2.72 bits per heavy atom. The van der Waals surface area contributed by atoms with Crippen molar-refractivity contribution in [1.82, 2.24) is 4.98 Å². The highest BCUT2D eigenvalue weighted by Gasteiger charge is 2.36. The van der Waals surface area contributed by atoms with E-state index in [1.54, 1.807) is 6.20 Å². The Bertz CT molecular complexity index is 361. The van der Waals surface area contributed by atoms with Gasteiger partial charge in [0, 0.05) is 18.4 Å². The average molecular weight is 250 g/mol. The number of rotatable bonds is 7. The van der Waals surface area contributed by atoms with Gasteiger partial charge in [-0.3, -0.25) is 9.78 Å². The number of hydrogen-bond acceptors (Lipinski definition) is 4. The minimum Gasteiger partial charge on any atom is -0.466 e. The maximum absolute atomic E-state index is 12.0. The highest BCUT2D eigenvalue weighted by molar-refractivity contribution is 5.77. The number of hydrogen-bond donors (Lipinski definition) is 1. The van der Waals surface area contributed by atoms with Crippen LogP contribution in [0.5, 0.6) is 0 Å². The molecular weight excluding hydrogens is 228 g/mol. The molecule has 0 radical (unpaired) electrons. The van der Waals surface area contributed by atoms with Gasteiger partial charge in [0.05, 0.1) is 12.0 Å². The van der Waals surface area contributed by atoms with Crippen molar-refractivity contribution in [3.8, 4) is 0 Å². The summed E-state index contributed by atoms with van der Waals surface area (Å²) >= 11 is 0. The lowest BCUT2D eigenvalue weighted by atomic mass is 9.80. The van der Waals surface area contributed by atoms with E-state index in [-0.39, 0.29) is 5.97 Å². The van der Waals surface area contributed by atoms with E-state index in [1.165, 1.54) is 0 Å². The molecule has 0 aliphatic rings. The third kappa shape index (κ3) is 3.53. The van der Waals surface area contributed by atoms with E-state index in [0.717, 1.165) is 12.1 Å². The van der Waals surface area contributed by atoms with E-state index in [2.05, 4.69) is 4.98 Å². The summed E-state index contributed by atoms with van der Waals surface area (Å²) < 4.78 is 5.14. The van der Waals surface area contributed by atoms with Crippen LogP contribution in [0.25, 0.3) is 0 Å². The second-order valence-electron chi connectivity index (χ2n) is 4.38. The maximum atomic E-state index is 12.0. The average Bonchev–Trinajstić information content (AvgIpc) is 2.42. The smallest absolute Gasteiger partial charge is 0.313 e. The number of pyridine rings is 1. The van der Waals surface area contributed by atoms with Crippen molar-refractivity contribution in [2.45, 2.75) is 33.1 Å². The topological polar surface area (TPSA) is 65.2 Å². The van der Waals surface area contributed by atoms with Gasteiger partial charge in [-0.1, -0.05) is 13.0 Å². The van der Waals surface area contributed by atoms with Crippen LogP contribution in [0.4, 0.5) is 0 Å². The van der Waals surface area contributed by atoms with Crippen LogP contribution in [0.15, 0.2) is 24.4 Å². The van der Waals surface area contributed by atoms with Crippen molar-refractivity contribution in [2.75, 3.05) is 13.2 Å². The van der Waals surface area contributed by atoms with Gasteiger partial charge in [0.2, 0.25) is 0 Å². The Hall–Kier alpha value is -1.42. The molecule has 0 saturated carbocycles. The van der Waals surface area contributed by atoms with Crippen molar-refractivity contribution in [1.29, 1.82) is 0 Å². The number of esters is 1. The minimum absolute atomic E-state index is 0.189. The van der Waals surface area contributed by atoms with Gasteiger partial charge in [-0.2, -0.15) is 0 Å². The molecule has 0 amide bonds. The monoisotopic (exact) mass is 250 g/mol. The summed E-state index contributed by atoms with van der Waals surface area (Å²) in [7, 11) is 0. The molecular formula is C14H22N2O2. The zero-order valence-electron chi connectivity index (χ0n) is 11.2. The van der Waals surface area contributed by atoms with Crippen LogP contribution in [0.1, 0.15) is 32.4 Å². The number of ether oxygens (including phenoxy) is 1. The van der Waals surface area contributed by atoms with Crippen LogP contribution >= 0.6 is 0 Å². The lowest BCUT2D eigenvalue weighted by Crippen LogP contribution is -2.40. The number of carbonyl (C=O) groups is 1. The Kier molecular flexibility index (Phi) is 5.78. The highest BCUT2D eigenvalue weighted by Crippen LogP contribution is 2.28. The number of carbonyl (C=O) groups excluding carboxylic acids is 1. The van der Waals surface area contributed by atoms with Gasteiger partial charge in [0.1, 0.15) is 0 Å². The standard InChI is InChI=1S/C14H22N2O2/c1-3-14(11-15,13(17)18-4-2)9-8-12-7-5-6-10-16-12/h5-7,10H,3-4,8-9,11,15H2,1-2H3. The fourth-order valence-corrected chi connectivity index (χ4v) is 1.95. The largest absolute Gasteiger partial charge is 0.466 e. The molecule has 0 aromatic carbocycles. The third-order valence-electron chi connectivity index (χ3n) is 3.36. The number of aryl methyl sites for hydroxylation is 1. The molecule has 1 aromatic rings. The fraction of sp³-hybridized carbons (Fsp3) is 0.571. The van der Waals surface area contributed by atoms with E-state index in [9.17, 15) is 4.79 Å². The fourth-order valence-electron chi connectivity index (χ4n) is 1.95. The molecule has 4 heteroatoms. The van der Waals surface area contributed by atoms with E-state index < -0.39 is 5.41 Å². The predicted molar refractivity (Wildman–Crippen MR) is 71.0 cm³/mol. The highest BCUT2D eigenvalue weighted by atomic mass is 16.5. The summed E-state index contributed by atoms with van der Waals surface area (Å²) in [5.74, 6) is -0.189. The summed E-state index contributed by atoms with van der Waals surface area (Å²) in [5, 5.41) is 0. The third-order valence-corrected chi connectivity index (χ3v) is 3.36. The van der Waals surface area contributed by atoms with Gasteiger partial charge < -0.3 is 10.5 Å². The van der Waals surface area contributed by atoms with Crippen molar-refractivity contribution < 1.29 is 9.53 Å². The Balaban J connectivity index is 2.71. The van der Waals surface area contributed by atoms with Crippen molar-refractivity contribution in [2.24, 2.45) is 11.1 Å². The van der Waals surface area contributed by atoms with Crippen LogP contribution in [0.3, 0.4) is 0 Å². The molecule has 1 rings (SSSR count). The normalized spacial score (nSPS) is 13.9. The predicted octanol–water partition coefficient (Wildman–Crippen LogP) is 1.93. The molecule has 0 bridgehead atoms. The SMILES string of the molecule is CCOC(=O)C(CC)(CN)CCc1ccccn1. The van der Waals surface area contributed by atoms with Gasteiger partial charge in [-0.25, -0.2) is 0 Å². The Morgan fingerprint density at radius 2 is 2.22 bits per heavy atom. The molecule has 4 nitrogen and oxygen atoms in total. The molecule has 0 saturated heterocycles. The molecule has 1 unspecified atom stereocenters. The Labute approximate surface area is 109 Å².